The summed E-state index contributed by atoms with van der Waals surface area (Å²) in [7, 11) is 0. The summed E-state index contributed by atoms with van der Waals surface area (Å²) in [5.74, 6) is -0.611. The third-order valence-corrected chi connectivity index (χ3v) is 3.22. The van der Waals surface area contributed by atoms with E-state index in [1.54, 1.807) is 17.6 Å². The van der Waals surface area contributed by atoms with Gasteiger partial charge in [-0.3, -0.25) is 4.98 Å². The summed E-state index contributed by atoms with van der Waals surface area (Å²) in [6.45, 7) is 0. The number of hydrogen-bond acceptors (Lipinski definition) is 3. The zero-order chi connectivity index (χ0) is 10.1. The standard InChI is InChI=1S/C9H6ClNO2S/c10-3-7-8-5(1-2-11-7)6(4-14-8)9(12)13/h1-2,4H,3H2,(H,12,13). The molecular formula is C9H6ClNO2S. The number of aromatic nitrogens is 1. The van der Waals surface area contributed by atoms with Gasteiger partial charge in [0.05, 0.1) is 21.8 Å². The number of nitrogens with zero attached hydrogens (tertiary/aromatic N) is 1. The zero-order valence-corrected chi connectivity index (χ0v) is 8.60. The molecule has 3 nitrogen and oxygen atoms in total. The minimum absolute atomic E-state index is 0.302. The van der Waals surface area contributed by atoms with Crippen molar-refractivity contribution in [3.05, 3.63) is 28.9 Å². The second kappa shape index (κ2) is 3.55. The van der Waals surface area contributed by atoms with Gasteiger partial charge in [0.15, 0.2) is 0 Å². The van der Waals surface area contributed by atoms with E-state index in [0.29, 0.717) is 16.8 Å². The van der Waals surface area contributed by atoms with Crippen LogP contribution in [-0.2, 0) is 5.88 Å². The molecule has 0 aliphatic heterocycles. The van der Waals surface area contributed by atoms with Crippen molar-refractivity contribution in [1.29, 1.82) is 0 Å². The summed E-state index contributed by atoms with van der Waals surface area (Å²) in [5.41, 5.74) is 1.06. The number of thiophene rings is 1. The van der Waals surface area contributed by atoms with Crippen LogP contribution in [0, 0.1) is 0 Å². The second-order valence-corrected chi connectivity index (χ2v) is 3.87. The molecule has 2 rings (SSSR count). The lowest BCUT2D eigenvalue weighted by atomic mass is 10.2. The molecule has 0 saturated carbocycles. The van der Waals surface area contributed by atoms with Gasteiger partial charge in [0.1, 0.15) is 0 Å². The molecule has 14 heavy (non-hydrogen) atoms. The normalized spacial score (nSPS) is 10.6. The van der Waals surface area contributed by atoms with Crippen LogP contribution in [0.25, 0.3) is 10.1 Å². The molecule has 2 aromatic heterocycles. The first-order valence-electron chi connectivity index (χ1n) is 3.88. The van der Waals surface area contributed by atoms with Crippen LogP contribution in [0.4, 0.5) is 0 Å². The Bertz CT molecular complexity index is 495. The zero-order valence-electron chi connectivity index (χ0n) is 7.03. The maximum Gasteiger partial charge on any atom is 0.337 e. The van der Waals surface area contributed by atoms with Gasteiger partial charge >= 0.3 is 5.97 Å². The van der Waals surface area contributed by atoms with Gasteiger partial charge in [0, 0.05) is 17.0 Å². The van der Waals surface area contributed by atoms with Crippen LogP contribution in [-0.4, -0.2) is 16.1 Å². The van der Waals surface area contributed by atoms with E-state index in [4.69, 9.17) is 16.7 Å². The van der Waals surface area contributed by atoms with E-state index in [2.05, 4.69) is 4.98 Å². The molecule has 0 aliphatic rings. The van der Waals surface area contributed by atoms with E-state index in [1.165, 1.54) is 11.3 Å². The highest BCUT2D eigenvalue weighted by Crippen LogP contribution is 2.28. The molecule has 0 bridgehead atoms. The van der Waals surface area contributed by atoms with Gasteiger partial charge < -0.3 is 5.11 Å². The first-order chi connectivity index (χ1) is 6.74. The van der Waals surface area contributed by atoms with Crippen LogP contribution in [0.5, 0.6) is 0 Å². The summed E-state index contributed by atoms with van der Waals surface area (Å²) < 4.78 is 0.861. The lowest BCUT2D eigenvalue weighted by molar-refractivity contribution is 0.0699. The fraction of sp³-hybridized carbons (Fsp3) is 0.111. The lowest BCUT2D eigenvalue weighted by Crippen LogP contribution is -1.94. The second-order valence-electron chi connectivity index (χ2n) is 2.72. The Kier molecular flexibility index (Phi) is 2.39. The third kappa shape index (κ3) is 1.36. The molecule has 2 heterocycles. The van der Waals surface area contributed by atoms with Crippen LogP contribution in [0.1, 0.15) is 16.1 Å². The van der Waals surface area contributed by atoms with Crippen LogP contribution in [0.15, 0.2) is 17.6 Å². The van der Waals surface area contributed by atoms with Crippen LogP contribution < -0.4 is 0 Å². The summed E-state index contributed by atoms with van der Waals surface area (Å²) in [5, 5.41) is 11.2. The van der Waals surface area contributed by atoms with Crippen LogP contribution in [0.3, 0.4) is 0 Å². The van der Waals surface area contributed by atoms with Gasteiger partial charge in [-0.05, 0) is 6.07 Å². The van der Waals surface area contributed by atoms with Crippen molar-refractivity contribution in [3.8, 4) is 0 Å². The number of carboxylic acid groups (broad SMARTS) is 1. The number of carbonyl (C=O) groups is 1. The largest absolute Gasteiger partial charge is 0.478 e. The third-order valence-electron chi connectivity index (χ3n) is 1.92. The van der Waals surface area contributed by atoms with Crippen LogP contribution in [0.2, 0.25) is 0 Å². The van der Waals surface area contributed by atoms with Gasteiger partial charge in [-0.2, -0.15) is 0 Å². The van der Waals surface area contributed by atoms with E-state index in [-0.39, 0.29) is 0 Å². The average Bonchev–Trinajstić information content (AvgIpc) is 2.60. The first-order valence-corrected chi connectivity index (χ1v) is 5.30. The number of aromatic carboxylic acids is 1. The van der Waals surface area contributed by atoms with E-state index >= 15 is 0 Å². The lowest BCUT2D eigenvalue weighted by Gasteiger charge is -1.96. The van der Waals surface area contributed by atoms with Gasteiger partial charge in [0.25, 0.3) is 0 Å². The molecular weight excluding hydrogens is 222 g/mol. The SMILES string of the molecule is O=C(O)c1csc2c(CCl)nccc12. The molecule has 0 spiro atoms. The molecule has 1 N–H and O–H groups in total. The first kappa shape index (κ1) is 9.43. The van der Waals surface area contributed by atoms with Crippen molar-refractivity contribution in [1.82, 2.24) is 4.98 Å². The number of carboxylic acids is 1. The molecule has 0 aromatic carbocycles. The molecule has 0 atom stereocenters. The maximum atomic E-state index is 10.8. The Morgan fingerprint density at radius 2 is 2.43 bits per heavy atom. The average molecular weight is 228 g/mol. The van der Waals surface area contributed by atoms with Gasteiger partial charge in [-0.25, -0.2) is 4.79 Å². The van der Waals surface area contributed by atoms with Gasteiger partial charge in [0.2, 0.25) is 0 Å². The summed E-state index contributed by atoms with van der Waals surface area (Å²) >= 11 is 7.06. The molecule has 72 valence electrons. The number of rotatable bonds is 2. The number of halogens is 1. The predicted octanol–water partition coefficient (Wildman–Crippen LogP) is 2.73. The summed E-state index contributed by atoms with van der Waals surface area (Å²) in [6.07, 6.45) is 1.58. The molecule has 5 heteroatoms. The number of fused-ring (bicyclic) bond motifs is 1. The minimum atomic E-state index is -0.914. The summed E-state index contributed by atoms with van der Waals surface area (Å²) in [6, 6.07) is 1.70. The molecule has 0 saturated heterocycles. The highest BCUT2D eigenvalue weighted by atomic mass is 35.5. The molecule has 0 radical (unpaired) electrons. The van der Waals surface area contributed by atoms with Crippen molar-refractivity contribution < 1.29 is 9.90 Å². The molecule has 0 unspecified atom stereocenters. The number of alkyl halides is 1. The van der Waals surface area contributed by atoms with Crippen molar-refractivity contribution in [3.63, 3.8) is 0 Å². The van der Waals surface area contributed by atoms with E-state index in [0.717, 1.165) is 10.4 Å². The summed E-state index contributed by atoms with van der Waals surface area (Å²) in [4.78, 5) is 14.9. The van der Waals surface area contributed by atoms with Crippen molar-refractivity contribution in [2.45, 2.75) is 5.88 Å². The predicted molar refractivity (Wildman–Crippen MR) is 56.1 cm³/mol. The van der Waals surface area contributed by atoms with Gasteiger partial charge in [-0.15, -0.1) is 22.9 Å². The quantitative estimate of drug-likeness (QED) is 0.803. The van der Waals surface area contributed by atoms with E-state index in [9.17, 15) is 4.79 Å². The smallest absolute Gasteiger partial charge is 0.337 e. The molecule has 0 amide bonds. The minimum Gasteiger partial charge on any atom is -0.478 e. The van der Waals surface area contributed by atoms with Crippen molar-refractivity contribution in [2.75, 3.05) is 0 Å². The highest BCUT2D eigenvalue weighted by Gasteiger charge is 2.12. The Morgan fingerprint density at radius 3 is 3.07 bits per heavy atom. The van der Waals surface area contributed by atoms with Crippen molar-refractivity contribution in [2.24, 2.45) is 0 Å². The Balaban J connectivity index is 2.75. The fourth-order valence-electron chi connectivity index (χ4n) is 1.28. The number of pyridine rings is 1. The monoisotopic (exact) mass is 227 g/mol. The molecule has 0 fully saturated rings. The van der Waals surface area contributed by atoms with Gasteiger partial charge in [-0.1, -0.05) is 0 Å². The highest BCUT2D eigenvalue weighted by molar-refractivity contribution is 7.17. The molecule has 0 aliphatic carbocycles. The van der Waals surface area contributed by atoms with Crippen LogP contribution >= 0.6 is 22.9 Å². The Labute approximate surface area is 89.0 Å². The van der Waals surface area contributed by atoms with Crippen molar-refractivity contribution >= 4 is 39.0 Å². The van der Waals surface area contributed by atoms with E-state index in [1.807, 2.05) is 0 Å². The maximum absolute atomic E-state index is 10.8. The topological polar surface area (TPSA) is 50.2 Å². The Morgan fingerprint density at radius 1 is 1.64 bits per heavy atom. The Hall–Kier alpha value is -1.13. The number of hydrogen-bond donors (Lipinski definition) is 1. The fourth-order valence-corrected chi connectivity index (χ4v) is 2.59. The molecule has 2 aromatic rings. The van der Waals surface area contributed by atoms with E-state index < -0.39 is 5.97 Å².